The zero-order chi connectivity index (χ0) is 22.3. The third-order valence-electron chi connectivity index (χ3n) is 5.70. The highest BCUT2D eigenvalue weighted by Crippen LogP contribution is 2.17. The van der Waals surface area contributed by atoms with E-state index in [4.69, 9.17) is 11.6 Å². The first kappa shape index (κ1) is 22.1. The highest BCUT2D eigenvalue weighted by molar-refractivity contribution is 6.30. The SMILES string of the molecule is C/C(=N/NC(=O)c1ccc(CN2CCN(c3ccccc3)CC2)cc1)c1ccc(Cl)cc1. The van der Waals surface area contributed by atoms with E-state index in [0.29, 0.717) is 10.6 Å². The van der Waals surface area contributed by atoms with Crippen LogP contribution in [0.15, 0.2) is 84.0 Å². The summed E-state index contributed by atoms with van der Waals surface area (Å²) >= 11 is 5.92. The molecule has 32 heavy (non-hydrogen) atoms. The van der Waals surface area contributed by atoms with Gasteiger partial charge in [-0.05, 0) is 54.4 Å². The van der Waals surface area contributed by atoms with E-state index in [1.54, 1.807) is 12.1 Å². The normalized spacial score (nSPS) is 14.9. The molecule has 1 aliphatic rings. The Kier molecular flexibility index (Phi) is 7.20. The van der Waals surface area contributed by atoms with E-state index >= 15 is 0 Å². The molecule has 1 saturated heterocycles. The third-order valence-corrected chi connectivity index (χ3v) is 5.96. The van der Waals surface area contributed by atoms with Crippen LogP contribution >= 0.6 is 11.6 Å². The highest BCUT2D eigenvalue weighted by atomic mass is 35.5. The molecule has 0 aromatic heterocycles. The molecule has 1 heterocycles. The number of rotatable bonds is 6. The largest absolute Gasteiger partial charge is 0.369 e. The molecule has 0 saturated carbocycles. The minimum atomic E-state index is -0.221. The number of carbonyl (C=O) groups is 1. The summed E-state index contributed by atoms with van der Waals surface area (Å²) in [5, 5.41) is 4.88. The minimum absolute atomic E-state index is 0.221. The van der Waals surface area contributed by atoms with Crippen molar-refractivity contribution in [2.45, 2.75) is 13.5 Å². The molecule has 1 aliphatic heterocycles. The first-order valence-electron chi connectivity index (χ1n) is 10.8. The van der Waals surface area contributed by atoms with Gasteiger partial charge in [-0.3, -0.25) is 9.69 Å². The van der Waals surface area contributed by atoms with Crippen LogP contribution in [0.1, 0.15) is 28.4 Å². The van der Waals surface area contributed by atoms with Crippen molar-refractivity contribution < 1.29 is 4.79 Å². The standard InChI is InChI=1S/C26H27ClN4O/c1-20(22-11-13-24(27)14-12-22)28-29-26(32)23-9-7-21(8-10-23)19-30-15-17-31(18-16-30)25-5-3-2-4-6-25/h2-14H,15-19H2,1H3,(H,29,32)/b28-20-. The number of amides is 1. The number of para-hydroxylation sites is 1. The van der Waals surface area contributed by atoms with Gasteiger partial charge in [0.1, 0.15) is 0 Å². The maximum atomic E-state index is 12.5. The van der Waals surface area contributed by atoms with Crippen LogP contribution in [0.2, 0.25) is 5.02 Å². The molecule has 0 atom stereocenters. The number of benzene rings is 3. The quantitative estimate of drug-likeness (QED) is 0.436. The van der Waals surface area contributed by atoms with Gasteiger partial charge in [0.15, 0.2) is 0 Å². The molecular formula is C26H27ClN4O. The Morgan fingerprint density at radius 2 is 1.50 bits per heavy atom. The molecule has 1 N–H and O–H groups in total. The fourth-order valence-electron chi connectivity index (χ4n) is 3.78. The van der Waals surface area contributed by atoms with Crippen LogP contribution in [-0.4, -0.2) is 42.7 Å². The van der Waals surface area contributed by atoms with Gasteiger partial charge in [0.25, 0.3) is 5.91 Å². The molecule has 3 aromatic carbocycles. The topological polar surface area (TPSA) is 47.9 Å². The molecule has 0 spiro atoms. The summed E-state index contributed by atoms with van der Waals surface area (Å²) in [6.07, 6.45) is 0. The summed E-state index contributed by atoms with van der Waals surface area (Å²) in [7, 11) is 0. The van der Waals surface area contributed by atoms with Gasteiger partial charge in [-0.2, -0.15) is 5.10 Å². The second-order valence-electron chi connectivity index (χ2n) is 7.94. The van der Waals surface area contributed by atoms with E-state index in [1.807, 2.05) is 43.3 Å². The van der Waals surface area contributed by atoms with Gasteiger partial charge in [0.2, 0.25) is 0 Å². The van der Waals surface area contributed by atoms with Crippen molar-refractivity contribution >= 4 is 28.9 Å². The maximum Gasteiger partial charge on any atom is 0.271 e. The fourth-order valence-corrected chi connectivity index (χ4v) is 3.90. The molecule has 1 fully saturated rings. The van der Waals surface area contributed by atoms with Gasteiger partial charge >= 0.3 is 0 Å². The van der Waals surface area contributed by atoms with Crippen LogP contribution in [-0.2, 0) is 6.54 Å². The van der Waals surface area contributed by atoms with Crippen LogP contribution in [0.5, 0.6) is 0 Å². The Bertz CT molecular complexity index is 1060. The molecule has 6 heteroatoms. The smallest absolute Gasteiger partial charge is 0.271 e. The Hall–Kier alpha value is -3.15. The lowest BCUT2D eigenvalue weighted by atomic mass is 10.1. The maximum absolute atomic E-state index is 12.5. The molecule has 0 aliphatic carbocycles. The Morgan fingerprint density at radius 3 is 2.16 bits per heavy atom. The van der Waals surface area contributed by atoms with Gasteiger partial charge < -0.3 is 4.90 Å². The van der Waals surface area contributed by atoms with Crippen LogP contribution in [0.25, 0.3) is 0 Å². The summed E-state index contributed by atoms with van der Waals surface area (Å²) in [6.45, 7) is 6.83. The second kappa shape index (κ2) is 10.4. The number of nitrogens with one attached hydrogen (secondary N) is 1. The van der Waals surface area contributed by atoms with Gasteiger partial charge in [-0.1, -0.05) is 54.1 Å². The summed E-state index contributed by atoms with van der Waals surface area (Å²) in [6, 6.07) is 25.7. The Balaban J connectivity index is 1.28. The number of carbonyl (C=O) groups excluding carboxylic acids is 1. The highest BCUT2D eigenvalue weighted by Gasteiger charge is 2.17. The first-order valence-corrected chi connectivity index (χ1v) is 11.2. The van der Waals surface area contributed by atoms with E-state index in [-0.39, 0.29) is 5.91 Å². The average molecular weight is 447 g/mol. The lowest BCUT2D eigenvalue weighted by Gasteiger charge is -2.36. The Labute approximate surface area is 194 Å². The average Bonchev–Trinajstić information content (AvgIpc) is 2.84. The van der Waals surface area contributed by atoms with E-state index in [2.05, 4.69) is 50.7 Å². The van der Waals surface area contributed by atoms with Gasteiger partial charge in [0, 0.05) is 49.0 Å². The third kappa shape index (κ3) is 5.75. The van der Waals surface area contributed by atoms with Crippen molar-refractivity contribution in [2.24, 2.45) is 5.10 Å². The van der Waals surface area contributed by atoms with E-state index in [9.17, 15) is 4.79 Å². The van der Waals surface area contributed by atoms with Crippen molar-refractivity contribution in [2.75, 3.05) is 31.1 Å². The first-order chi connectivity index (χ1) is 15.6. The van der Waals surface area contributed by atoms with Crippen molar-refractivity contribution in [1.29, 1.82) is 0 Å². The van der Waals surface area contributed by atoms with Gasteiger partial charge in [-0.15, -0.1) is 0 Å². The molecule has 4 rings (SSSR count). The zero-order valence-corrected chi connectivity index (χ0v) is 18.9. The predicted molar refractivity (Wildman–Crippen MR) is 132 cm³/mol. The molecule has 1 amide bonds. The number of nitrogens with zero attached hydrogens (tertiary/aromatic N) is 3. The molecule has 0 bridgehead atoms. The van der Waals surface area contributed by atoms with Crippen molar-refractivity contribution in [3.05, 3.63) is 101 Å². The lowest BCUT2D eigenvalue weighted by Crippen LogP contribution is -2.45. The minimum Gasteiger partial charge on any atom is -0.369 e. The van der Waals surface area contributed by atoms with Crippen molar-refractivity contribution in [1.82, 2.24) is 10.3 Å². The van der Waals surface area contributed by atoms with Crippen molar-refractivity contribution in [3.63, 3.8) is 0 Å². The predicted octanol–water partition coefficient (Wildman–Crippen LogP) is 4.82. The zero-order valence-electron chi connectivity index (χ0n) is 18.2. The molecular weight excluding hydrogens is 420 g/mol. The molecule has 164 valence electrons. The number of piperazine rings is 1. The number of halogens is 1. The number of hydrazone groups is 1. The molecule has 0 unspecified atom stereocenters. The number of anilines is 1. The van der Waals surface area contributed by atoms with Crippen molar-refractivity contribution in [3.8, 4) is 0 Å². The van der Waals surface area contributed by atoms with Crippen LogP contribution < -0.4 is 10.3 Å². The second-order valence-corrected chi connectivity index (χ2v) is 8.38. The van der Waals surface area contributed by atoms with Crippen LogP contribution in [0.4, 0.5) is 5.69 Å². The molecule has 5 nitrogen and oxygen atoms in total. The molecule has 3 aromatic rings. The molecule has 0 radical (unpaired) electrons. The number of hydrogen-bond donors (Lipinski definition) is 1. The fraction of sp³-hybridized carbons (Fsp3) is 0.231. The van der Waals surface area contributed by atoms with E-state index in [0.717, 1.165) is 44.0 Å². The summed E-state index contributed by atoms with van der Waals surface area (Å²) < 4.78 is 0. The number of hydrogen-bond acceptors (Lipinski definition) is 4. The summed E-state index contributed by atoms with van der Waals surface area (Å²) in [4.78, 5) is 17.3. The van der Waals surface area contributed by atoms with Crippen LogP contribution in [0.3, 0.4) is 0 Å². The van der Waals surface area contributed by atoms with E-state index < -0.39 is 0 Å². The summed E-state index contributed by atoms with van der Waals surface area (Å²) in [5.41, 5.74) is 7.36. The van der Waals surface area contributed by atoms with E-state index in [1.165, 1.54) is 11.3 Å². The van der Waals surface area contributed by atoms with Gasteiger partial charge in [0.05, 0.1) is 5.71 Å². The summed E-state index contributed by atoms with van der Waals surface area (Å²) in [5.74, 6) is -0.221. The van der Waals surface area contributed by atoms with Crippen LogP contribution in [0, 0.1) is 0 Å². The Morgan fingerprint density at radius 1 is 0.875 bits per heavy atom. The van der Waals surface area contributed by atoms with Gasteiger partial charge in [-0.25, -0.2) is 5.43 Å². The lowest BCUT2D eigenvalue weighted by molar-refractivity contribution is 0.0955. The monoisotopic (exact) mass is 446 g/mol.